The maximum Gasteiger partial charge on any atom is 0.330 e. The van der Waals surface area contributed by atoms with Gasteiger partial charge in [0.2, 0.25) is 0 Å². The second-order valence-corrected chi connectivity index (χ2v) is 5.02. The molecule has 0 saturated carbocycles. The summed E-state index contributed by atoms with van der Waals surface area (Å²) in [6.45, 7) is 5.26. The fourth-order valence-electron chi connectivity index (χ4n) is 2.28. The second kappa shape index (κ2) is 10.6. The maximum atomic E-state index is 11.5. The molecule has 0 bridgehead atoms. The summed E-state index contributed by atoms with van der Waals surface area (Å²) in [5.74, 6) is -0.333. The van der Waals surface area contributed by atoms with Crippen LogP contribution in [0.4, 0.5) is 0 Å². The highest BCUT2D eigenvalue weighted by molar-refractivity contribution is 5.81. The lowest BCUT2D eigenvalue weighted by atomic mass is 10.1. The van der Waals surface area contributed by atoms with Crippen LogP contribution in [-0.4, -0.2) is 30.1 Å². The van der Waals surface area contributed by atoms with Crippen LogP contribution in [0.25, 0.3) is 0 Å². The van der Waals surface area contributed by atoms with E-state index in [0.29, 0.717) is 19.7 Å². The van der Waals surface area contributed by atoms with E-state index in [-0.39, 0.29) is 12.0 Å². The van der Waals surface area contributed by atoms with E-state index in [4.69, 9.17) is 10.00 Å². The van der Waals surface area contributed by atoms with Gasteiger partial charge in [-0.15, -0.1) is 0 Å². The number of rotatable bonds is 9. The number of carbonyl (C=O) groups excluding carboxylic acids is 1. The van der Waals surface area contributed by atoms with Crippen molar-refractivity contribution in [3.8, 4) is 6.07 Å². The van der Waals surface area contributed by atoms with Gasteiger partial charge in [0, 0.05) is 18.7 Å². The summed E-state index contributed by atoms with van der Waals surface area (Å²) >= 11 is 0. The number of hydrogen-bond acceptors (Lipinski definition) is 4. The quantitative estimate of drug-likeness (QED) is 0.399. The molecule has 0 N–H and O–H groups in total. The molecule has 0 spiro atoms. The van der Waals surface area contributed by atoms with Gasteiger partial charge in [0.15, 0.2) is 0 Å². The second-order valence-electron chi connectivity index (χ2n) is 5.02. The zero-order valence-corrected chi connectivity index (χ0v) is 13.4. The average Bonchev–Trinajstić information content (AvgIpc) is 2.52. The van der Waals surface area contributed by atoms with E-state index in [1.807, 2.05) is 36.4 Å². The highest BCUT2D eigenvalue weighted by Gasteiger charge is 2.15. The van der Waals surface area contributed by atoms with Gasteiger partial charge in [0.1, 0.15) is 0 Å². The molecule has 0 heterocycles. The first-order chi connectivity index (χ1) is 10.7. The topological polar surface area (TPSA) is 53.3 Å². The Balaban J connectivity index is 2.82. The Kier molecular flexibility index (Phi) is 8.63. The van der Waals surface area contributed by atoms with Crippen LogP contribution in [0.3, 0.4) is 0 Å². The third kappa shape index (κ3) is 6.55. The highest BCUT2D eigenvalue weighted by atomic mass is 16.5. The smallest absolute Gasteiger partial charge is 0.330 e. The Bertz CT molecular complexity index is 506. The Labute approximate surface area is 133 Å². The van der Waals surface area contributed by atoms with E-state index in [0.717, 1.165) is 18.4 Å². The first-order valence-electron chi connectivity index (χ1n) is 7.71. The molecule has 0 amide bonds. The summed E-state index contributed by atoms with van der Waals surface area (Å²) in [6, 6.07) is 12.3. The number of nitrogens with zero attached hydrogens (tertiary/aromatic N) is 2. The van der Waals surface area contributed by atoms with Gasteiger partial charge in [-0.1, -0.05) is 49.8 Å². The van der Waals surface area contributed by atoms with Crippen LogP contribution in [-0.2, 0) is 16.1 Å². The molecule has 0 radical (unpaired) electrons. The molecule has 1 atom stereocenters. The van der Waals surface area contributed by atoms with Crippen molar-refractivity contribution in [2.75, 3.05) is 13.2 Å². The summed E-state index contributed by atoms with van der Waals surface area (Å²) in [4.78, 5) is 13.6. The molecular weight excluding hydrogens is 276 g/mol. The minimum atomic E-state index is -0.333. The van der Waals surface area contributed by atoms with Crippen molar-refractivity contribution in [2.24, 2.45) is 0 Å². The molecule has 22 heavy (non-hydrogen) atoms. The molecule has 118 valence electrons. The van der Waals surface area contributed by atoms with Crippen LogP contribution in [0, 0.1) is 11.3 Å². The van der Waals surface area contributed by atoms with E-state index in [9.17, 15) is 4.79 Å². The molecule has 4 nitrogen and oxygen atoms in total. The van der Waals surface area contributed by atoms with E-state index in [1.165, 1.54) is 6.08 Å². The fourth-order valence-corrected chi connectivity index (χ4v) is 2.28. The molecule has 0 unspecified atom stereocenters. The molecule has 1 aromatic rings. The van der Waals surface area contributed by atoms with Gasteiger partial charge in [-0.05, 0) is 18.9 Å². The number of esters is 1. The number of nitriles is 1. The average molecular weight is 300 g/mol. The van der Waals surface area contributed by atoms with E-state index in [2.05, 4.69) is 17.9 Å². The van der Waals surface area contributed by atoms with Gasteiger partial charge in [-0.3, -0.25) is 4.90 Å². The zero-order valence-electron chi connectivity index (χ0n) is 13.4. The molecule has 0 aliphatic heterocycles. The molecule has 0 saturated heterocycles. The lowest BCUT2D eigenvalue weighted by Crippen LogP contribution is -2.34. The molecule has 0 aliphatic carbocycles. The van der Waals surface area contributed by atoms with Crippen molar-refractivity contribution < 1.29 is 9.53 Å². The highest BCUT2D eigenvalue weighted by Crippen LogP contribution is 2.13. The van der Waals surface area contributed by atoms with Crippen molar-refractivity contribution >= 4 is 5.97 Å². The van der Waals surface area contributed by atoms with Crippen molar-refractivity contribution in [3.63, 3.8) is 0 Å². The number of ether oxygens (including phenoxy) is 1. The third-order valence-electron chi connectivity index (χ3n) is 3.30. The monoisotopic (exact) mass is 300 g/mol. The lowest BCUT2D eigenvalue weighted by molar-refractivity contribution is -0.137. The first kappa shape index (κ1) is 17.9. The number of benzene rings is 1. The van der Waals surface area contributed by atoms with Gasteiger partial charge >= 0.3 is 5.97 Å². The van der Waals surface area contributed by atoms with Crippen LogP contribution in [0.5, 0.6) is 0 Å². The first-order valence-corrected chi connectivity index (χ1v) is 7.71. The summed E-state index contributed by atoms with van der Waals surface area (Å²) in [6.07, 6.45) is 5.19. The predicted molar refractivity (Wildman–Crippen MR) is 86.9 cm³/mol. The van der Waals surface area contributed by atoms with Crippen molar-refractivity contribution in [3.05, 3.63) is 48.0 Å². The summed E-state index contributed by atoms with van der Waals surface area (Å²) < 4.78 is 4.92. The molecule has 0 fully saturated rings. The van der Waals surface area contributed by atoms with Crippen molar-refractivity contribution in [1.29, 1.82) is 5.26 Å². The maximum absolute atomic E-state index is 11.5. The Morgan fingerprint density at radius 1 is 1.36 bits per heavy atom. The molecule has 1 aromatic carbocycles. The van der Waals surface area contributed by atoms with Crippen molar-refractivity contribution in [1.82, 2.24) is 4.90 Å². The van der Waals surface area contributed by atoms with Crippen LogP contribution in [0.1, 0.15) is 32.3 Å². The third-order valence-corrected chi connectivity index (χ3v) is 3.30. The van der Waals surface area contributed by atoms with Crippen LogP contribution < -0.4 is 0 Å². The van der Waals surface area contributed by atoms with Crippen LogP contribution in [0.15, 0.2) is 42.5 Å². The van der Waals surface area contributed by atoms with Gasteiger partial charge in [-0.25, -0.2) is 4.79 Å². The van der Waals surface area contributed by atoms with E-state index < -0.39 is 0 Å². The van der Waals surface area contributed by atoms with E-state index in [1.54, 1.807) is 6.92 Å². The number of hydrogen-bond donors (Lipinski definition) is 0. The molecular formula is C18H24N2O2. The largest absolute Gasteiger partial charge is 0.463 e. The van der Waals surface area contributed by atoms with Crippen LogP contribution >= 0.6 is 0 Å². The van der Waals surface area contributed by atoms with Gasteiger partial charge in [0.05, 0.1) is 19.2 Å². The molecule has 4 heteroatoms. The van der Waals surface area contributed by atoms with Crippen molar-refractivity contribution in [2.45, 2.75) is 39.3 Å². The summed E-state index contributed by atoms with van der Waals surface area (Å²) in [5.41, 5.74) is 1.16. The minimum Gasteiger partial charge on any atom is -0.463 e. The normalized spacial score (nSPS) is 12.3. The van der Waals surface area contributed by atoms with E-state index >= 15 is 0 Å². The zero-order chi connectivity index (χ0) is 16.2. The van der Waals surface area contributed by atoms with Gasteiger partial charge in [-0.2, -0.15) is 5.26 Å². The molecule has 1 rings (SSSR count). The Hall–Kier alpha value is -2.12. The molecule has 0 aliphatic rings. The standard InChI is InChI=1S/C18H24N2O2/c1-3-8-17(11-12-18(21)22-4-2)20(14-13-19)15-16-9-6-5-7-10-16/h5-7,9-12,17H,3-4,8,14-15H2,1-2H3/b12-11+/t17-/m0/s1. The Morgan fingerprint density at radius 3 is 2.68 bits per heavy atom. The Morgan fingerprint density at radius 2 is 2.09 bits per heavy atom. The summed E-state index contributed by atoms with van der Waals surface area (Å²) in [5, 5.41) is 9.09. The molecule has 0 aromatic heterocycles. The van der Waals surface area contributed by atoms with Gasteiger partial charge < -0.3 is 4.74 Å². The fraction of sp³-hybridized carbons (Fsp3) is 0.444. The summed E-state index contributed by atoms with van der Waals surface area (Å²) in [7, 11) is 0. The predicted octanol–water partition coefficient (Wildman–Crippen LogP) is 3.30. The minimum absolute atomic E-state index is 0.0502. The SMILES string of the molecule is CCC[C@@H](/C=C/C(=O)OCC)N(CC#N)Cc1ccccc1. The van der Waals surface area contributed by atoms with Gasteiger partial charge in [0.25, 0.3) is 0 Å². The van der Waals surface area contributed by atoms with Crippen LogP contribution in [0.2, 0.25) is 0 Å². The lowest BCUT2D eigenvalue weighted by Gasteiger charge is -2.27. The number of carbonyl (C=O) groups is 1.